The van der Waals surface area contributed by atoms with Crippen molar-refractivity contribution < 1.29 is 9.18 Å². The largest absolute Gasteiger partial charge is 0.333 e. The molecule has 0 saturated carbocycles. The smallest absolute Gasteiger partial charge is 0.274 e. The summed E-state index contributed by atoms with van der Waals surface area (Å²) in [6.45, 7) is 1.87. The van der Waals surface area contributed by atoms with E-state index in [1.165, 1.54) is 11.6 Å². The molecule has 0 bridgehead atoms. The molecule has 1 unspecified atom stereocenters. The van der Waals surface area contributed by atoms with Gasteiger partial charge in [-0.1, -0.05) is 72.8 Å². The fourth-order valence-corrected chi connectivity index (χ4v) is 4.71. The van der Waals surface area contributed by atoms with Crippen LogP contribution in [0.25, 0.3) is 0 Å². The zero-order valence-electron chi connectivity index (χ0n) is 19.1. The maximum absolute atomic E-state index is 13.7. The number of carbonyl (C=O) groups excluding carboxylic acids is 1. The van der Waals surface area contributed by atoms with E-state index in [0.717, 1.165) is 36.2 Å². The van der Waals surface area contributed by atoms with Crippen LogP contribution in [0.4, 0.5) is 4.39 Å². The van der Waals surface area contributed by atoms with Crippen LogP contribution in [0.15, 0.2) is 91.1 Å². The Kier molecular flexibility index (Phi) is 6.52. The first kappa shape index (κ1) is 22.1. The van der Waals surface area contributed by atoms with Crippen molar-refractivity contribution in [2.24, 2.45) is 0 Å². The Bertz CT molecular complexity index is 1250. The predicted molar refractivity (Wildman–Crippen MR) is 131 cm³/mol. The quantitative estimate of drug-likeness (QED) is 0.363. The van der Waals surface area contributed by atoms with Crippen LogP contribution in [0.1, 0.15) is 45.3 Å². The van der Waals surface area contributed by atoms with Gasteiger partial charge in [-0.15, -0.1) is 0 Å². The lowest BCUT2D eigenvalue weighted by Crippen LogP contribution is -2.32. The molecule has 3 aromatic carbocycles. The number of nitrogens with zero attached hydrogens (tertiary/aromatic N) is 3. The second-order valence-electron chi connectivity index (χ2n) is 8.93. The number of carbonyl (C=O) groups is 1. The van der Waals surface area contributed by atoms with Crippen molar-refractivity contribution in [2.45, 2.75) is 38.3 Å². The summed E-state index contributed by atoms with van der Waals surface area (Å²) in [5.74, 6) is 0.890. The standard InChI is InChI=1S/C29H28FN3O/c30-26-13-7-12-24(18-26)25-14-15-28-31-27(21-33(28)20-25)29(34)32(19-23-10-5-2-6-11-23)17-16-22-8-3-1-4-9-22/h1-13,18,21,25H,14-17,19-20H2. The van der Waals surface area contributed by atoms with Gasteiger partial charge in [0.15, 0.2) is 0 Å². The van der Waals surface area contributed by atoms with Gasteiger partial charge in [0, 0.05) is 38.2 Å². The number of imidazole rings is 1. The van der Waals surface area contributed by atoms with E-state index in [-0.39, 0.29) is 17.6 Å². The third kappa shape index (κ3) is 5.09. The Balaban J connectivity index is 1.35. The molecule has 1 amide bonds. The maximum Gasteiger partial charge on any atom is 0.274 e. The highest BCUT2D eigenvalue weighted by molar-refractivity contribution is 5.92. The Hall–Kier alpha value is -3.73. The molecule has 0 aliphatic carbocycles. The Morgan fingerprint density at radius 1 is 0.971 bits per heavy atom. The van der Waals surface area contributed by atoms with E-state index in [4.69, 9.17) is 4.98 Å². The van der Waals surface area contributed by atoms with E-state index in [0.29, 0.717) is 25.3 Å². The van der Waals surface area contributed by atoms with Crippen molar-refractivity contribution >= 4 is 5.91 Å². The Labute approximate surface area is 199 Å². The molecule has 1 atom stereocenters. The van der Waals surface area contributed by atoms with E-state index in [2.05, 4.69) is 16.7 Å². The molecule has 1 aliphatic rings. The normalized spacial score (nSPS) is 15.0. The highest BCUT2D eigenvalue weighted by atomic mass is 19.1. The predicted octanol–water partition coefficient (Wildman–Crippen LogP) is 5.64. The van der Waals surface area contributed by atoms with Gasteiger partial charge in [-0.2, -0.15) is 0 Å². The fraction of sp³-hybridized carbons (Fsp3) is 0.241. The van der Waals surface area contributed by atoms with Crippen LogP contribution in [0.3, 0.4) is 0 Å². The molecular formula is C29H28FN3O. The zero-order valence-corrected chi connectivity index (χ0v) is 19.1. The molecule has 2 heterocycles. The van der Waals surface area contributed by atoms with Crippen molar-refractivity contribution in [3.05, 3.63) is 125 Å². The highest BCUT2D eigenvalue weighted by Crippen LogP contribution is 2.29. The average molecular weight is 454 g/mol. The number of hydrogen-bond acceptors (Lipinski definition) is 2. The number of aromatic nitrogens is 2. The molecule has 5 rings (SSSR count). The zero-order chi connectivity index (χ0) is 23.3. The van der Waals surface area contributed by atoms with E-state index in [9.17, 15) is 9.18 Å². The Morgan fingerprint density at radius 2 is 1.71 bits per heavy atom. The molecule has 172 valence electrons. The van der Waals surface area contributed by atoms with Crippen LogP contribution < -0.4 is 0 Å². The van der Waals surface area contributed by atoms with Crippen molar-refractivity contribution in [3.63, 3.8) is 0 Å². The number of fused-ring (bicyclic) bond motifs is 1. The van der Waals surface area contributed by atoms with Crippen molar-refractivity contribution in [1.82, 2.24) is 14.5 Å². The lowest BCUT2D eigenvalue weighted by molar-refractivity contribution is 0.0739. The number of hydrogen-bond donors (Lipinski definition) is 0. The molecule has 0 spiro atoms. The SMILES string of the molecule is O=C(c1cn2c(n1)CCC(c1cccc(F)c1)C2)N(CCc1ccccc1)Cc1ccccc1. The molecule has 4 nitrogen and oxygen atoms in total. The van der Waals surface area contributed by atoms with Gasteiger partial charge in [-0.05, 0) is 41.7 Å². The third-order valence-corrected chi connectivity index (χ3v) is 6.55. The highest BCUT2D eigenvalue weighted by Gasteiger charge is 2.26. The van der Waals surface area contributed by atoms with Crippen LogP contribution in [-0.4, -0.2) is 26.9 Å². The molecule has 1 aliphatic heterocycles. The van der Waals surface area contributed by atoms with Gasteiger partial charge < -0.3 is 9.47 Å². The molecule has 0 N–H and O–H groups in total. The second-order valence-corrected chi connectivity index (χ2v) is 8.93. The van der Waals surface area contributed by atoms with Gasteiger partial charge >= 0.3 is 0 Å². The molecule has 4 aromatic rings. The van der Waals surface area contributed by atoms with Gasteiger partial charge in [0.25, 0.3) is 5.91 Å². The molecule has 0 radical (unpaired) electrons. The summed E-state index contributed by atoms with van der Waals surface area (Å²) in [5, 5.41) is 0. The molecule has 0 saturated heterocycles. The Morgan fingerprint density at radius 3 is 2.44 bits per heavy atom. The molecule has 5 heteroatoms. The van der Waals surface area contributed by atoms with Crippen LogP contribution >= 0.6 is 0 Å². The van der Waals surface area contributed by atoms with Crippen molar-refractivity contribution in [2.75, 3.05) is 6.54 Å². The number of halogens is 1. The van der Waals surface area contributed by atoms with Crippen LogP contribution in [0, 0.1) is 5.82 Å². The molecule has 0 fully saturated rings. The molecule has 34 heavy (non-hydrogen) atoms. The van der Waals surface area contributed by atoms with Crippen molar-refractivity contribution in [3.8, 4) is 0 Å². The van der Waals surface area contributed by atoms with E-state index >= 15 is 0 Å². The summed E-state index contributed by atoms with van der Waals surface area (Å²) < 4.78 is 15.8. The average Bonchev–Trinajstić information content (AvgIpc) is 3.31. The minimum Gasteiger partial charge on any atom is -0.333 e. The van der Waals surface area contributed by atoms with Gasteiger partial charge in [-0.3, -0.25) is 4.79 Å². The summed E-state index contributed by atoms with van der Waals surface area (Å²) in [6.07, 6.45) is 4.34. The maximum atomic E-state index is 13.7. The third-order valence-electron chi connectivity index (χ3n) is 6.55. The topological polar surface area (TPSA) is 38.1 Å². The lowest BCUT2D eigenvalue weighted by Gasteiger charge is -2.24. The van der Waals surface area contributed by atoms with Gasteiger partial charge in [-0.25, -0.2) is 9.37 Å². The van der Waals surface area contributed by atoms with E-state index < -0.39 is 0 Å². The summed E-state index contributed by atoms with van der Waals surface area (Å²) >= 11 is 0. The summed E-state index contributed by atoms with van der Waals surface area (Å²) in [7, 11) is 0. The van der Waals surface area contributed by atoms with Gasteiger partial charge in [0.2, 0.25) is 0 Å². The van der Waals surface area contributed by atoms with E-state index in [1.807, 2.05) is 65.7 Å². The monoisotopic (exact) mass is 453 g/mol. The molecule has 1 aromatic heterocycles. The summed E-state index contributed by atoms with van der Waals surface area (Å²) in [4.78, 5) is 20.2. The summed E-state index contributed by atoms with van der Waals surface area (Å²) in [5.41, 5.74) is 3.79. The fourth-order valence-electron chi connectivity index (χ4n) is 4.71. The number of amides is 1. The van der Waals surface area contributed by atoms with E-state index in [1.54, 1.807) is 12.1 Å². The number of rotatable bonds is 7. The minimum absolute atomic E-state index is 0.0519. The first-order valence-corrected chi connectivity index (χ1v) is 11.8. The first-order valence-electron chi connectivity index (χ1n) is 11.8. The number of aryl methyl sites for hydroxylation is 1. The summed E-state index contributed by atoms with van der Waals surface area (Å²) in [6, 6.07) is 27.1. The molecular weight excluding hydrogens is 425 g/mol. The first-order chi connectivity index (χ1) is 16.7. The lowest BCUT2D eigenvalue weighted by atomic mass is 9.91. The van der Waals surface area contributed by atoms with Gasteiger partial charge in [0.1, 0.15) is 17.3 Å². The van der Waals surface area contributed by atoms with Crippen molar-refractivity contribution in [1.29, 1.82) is 0 Å². The van der Waals surface area contributed by atoms with Gasteiger partial charge in [0.05, 0.1) is 0 Å². The minimum atomic E-state index is -0.209. The van der Waals surface area contributed by atoms with Crippen LogP contribution in [0.2, 0.25) is 0 Å². The number of benzene rings is 3. The van der Waals surface area contributed by atoms with Crippen LogP contribution in [-0.2, 0) is 25.9 Å². The van der Waals surface area contributed by atoms with Crippen LogP contribution in [0.5, 0.6) is 0 Å². The second kappa shape index (κ2) is 10.0.